The highest BCUT2D eigenvalue weighted by atomic mass is 35.5. The summed E-state index contributed by atoms with van der Waals surface area (Å²) in [6.07, 6.45) is 0. The highest BCUT2D eigenvalue weighted by molar-refractivity contribution is 6.32. The van der Waals surface area contributed by atoms with Crippen LogP contribution >= 0.6 is 23.2 Å². The van der Waals surface area contributed by atoms with Crippen LogP contribution in [0.25, 0.3) is 0 Å². The van der Waals surface area contributed by atoms with Gasteiger partial charge in [0.15, 0.2) is 0 Å². The molecule has 0 N–H and O–H groups in total. The van der Waals surface area contributed by atoms with E-state index in [2.05, 4.69) is 10.1 Å². The molecule has 0 unspecified atom stereocenters. The molecule has 0 aliphatic carbocycles. The van der Waals surface area contributed by atoms with E-state index in [0.29, 0.717) is 16.9 Å². The van der Waals surface area contributed by atoms with Crippen LogP contribution in [-0.2, 0) is 6.54 Å². The van der Waals surface area contributed by atoms with Crippen molar-refractivity contribution in [2.45, 2.75) is 20.4 Å². The minimum atomic E-state index is 0.405. The zero-order valence-corrected chi connectivity index (χ0v) is 10.5. The molecule has 0 atom stereocenters. The second-order valence-electron chi connectivity index (χ2n) is 3.67. The monoisotopic (exact) mass is 255 g/mol. The van der Waals surface area contributed by atoms with Gasteiger partial charge in [-0.2, -0.15) is 5.10 Å². The first kappa shape index (κ1) is 11.4. The number of hydrogen-bond acceptors (Lipinski definition) is 2. The maximum atomic E-state index is 6.00. The molecule has 0 aliphatic rings. The third kappa shape index (κ3) is 2.36. The van der Waals surface area contributed by atoms with E-state index >= 15 is 0 Å². The maximum absolute atomic E-state index is 6.00. The minimum absolute atomic E-state index is 0.405. The van der Waals surface area contributed by atoms with Crippen LogP contribution in [0.15, 0.2) is 18.2 Å². The number of pyridine rings is 1. The molecule has 0 saturated carbocycles. The zero-order valence-electron chi connectivity index (χ0n) is 9.04. The maximum Gasteiger partial charge on any atom is 0.135 e. The lowest BCUT2D eigenvalue weighted by molar-refractivity contribution is 0.657. The molecule has 2 aromatic rings. The van der Waals surface area contributed by atoms with Gasteiger partial charge >= 0.3 is 0 Å². The molecule has 0 spiro atoms. The van der Waals surface area contributed by atoms with Crippen molar-refractivity contribution < 1.29 is 0 Å². The van der Waals surface area contributed by atoms with Crippen LogP contribution < -0.4 is 0 Å². The first-order valence-electron chi connectivity index (χ1n) is 4.88. The van der Waals surface area contributed by atoms with Gasteiger partial charge in [0.1, 0.15) is 10.3 Å². The van der Waals surface area contributed by atoms with Crippen LogP contribution in [0.4, 0.5) is 0 Å². The van der Waals surface area contributed by atoms with Crippen LogP contribution in [0.1, 0.15) is 17.0 Å². The lowest BCUT2D eigenvalue weighted by Gasteiger charge is -2.06. The lowest BCUT2D eigenvalue weighted by Crippen LogP contribution is -2.05. The van der Waals surface area contributed by atoms with Gasteiger partial charge in [0.2, 0.25) is 0 Å². The van der Waals surface area contributed by atoms with E-state index in [1.54, 1.807) is 6.07 Å². The molecule has 0 aromatic carbocycles. The van der Waals surface area contributed by atoms with E-state index in [1.807, 2.05) is 30.7 Å². The Kier molecular flexibility index (Phi) is 3.17. The van der Waals surface area contributed by atoms with E-state index in [0.717, 1.165) is 17.0 Å². The molecule has 5 heteroatoms. The zero-order chi connectivity index (χ0) is 11.7. The summed E-state index contributed by atoms with van der Waals surface area (Å²) in [5, 5.41) is 5.20. The summed E-state index contributed by atoms with van der Waals surface area (Å²) in [6, 6.07) is 5.62. The van der Waals surface area contributed by atoms with Crippen molar-refractivity contribution in [2.75, 3.05) is 0 Å². The highest BCUT2D eigenvalue weighted by Gasteiger charge is 2.06. The van der Waals surface area contributed by atoms with Crippen molar-refractivity contribution in [3.8, 4) is 0 Å². The van der Waals surface area contributed by atoms with Gasteiger partial charge < -0.3 is 0 Å². The van der Waals surface area contributed by atoms with Crippen LogP contribution in [0.2, 0.25) is 10.3 Å². The minimum Gasteiger partial charge on any atom is -0.265 e. The normalized spacial score (nSPS) is 10.8. The molecule has 0 radical (unpaired) electrons. The number of aromatic nitrogens is 3. The second-order valence-corrected chi connectivity index (χ2v) is 4.41. The molecular formula is C11H11Cl2N3. The van der Waals surface area contributed by atoms with Gasteiger partial charge in [0.05, 0.1) is 12.2 Å². The SMILES string of the molecule is Cc1cc(C)n(Cc2ccc(Cl)nc2Cl)n1. The van der Waals surface area contributed by atoms with Gasteiger partial charge in [-0.25, -0.2) is 4.98 Å². The predicted molar refractivity (Wildman–Crippen MR) is 65.1 cm³/mol. The van der Waals surface area contributed by atoms with Crippen LogP contribution in [-0.4, -0.2) is 14.8 Å². The van der Waals surface area contributed by atoms with E-state index in [4.69, 9.17) is 23.2 Å². The van der Waals surface area contributed by atoms with Gasteiger partial charge in [-0.05, 0) is 26.0 Å². The fraction of sp³-hybridized carbons (Fsp3) is 0.273. The van der Waals surface area contributed by atoms with Crippen molar-refractivity contribution in [1.82, 2.24) is 14.8 Å². The fourth-order valence-electron chi connectivity index (χ4n) is 1.56. The van der Waals surface area contributed by atoms with E-state index in [9.17, 15) is 0 Å². The highest BCUT2D eigenvalue weighted by Crippen LogP contribution is 2.18. The molecule has 0 fully saturated rings. The van der Waals surface area contributed by atoms with E-state index in [1.165, 1.54) is 0 Å². The number of hydrogen-bond donors (Lipinski definition) is 0. The lowest BCUT2D eigenvalue weighted by atomic mass is 10.3. The number of nitrogens with zero attached hydrogens (tertiary/aromatic N) is 3. The fourth-order valence-corrected chi connectivity index (χ4v) is 1.96. The summed E-state index contributed by atoms with van der Waals surface area (Å²) in [6.45, 7) is 4.59. The molecular weight excluding hydrogens is 245 g/mol. The standard InChI is InChI=1S/C11H11Cl2N3/c1-7-5-8(2)16(15-7)6-9-3-4-10(12)14-11(9)13/h3-5H,6H2,1-2H3. The summed E-state index contributed by atoms with van der Waals surface area (Å²) >= 11 is 11.7. The van der Waals surface area contributed by atoms with Crippen molar-refractivity contribution in [1.29, 1.82) is 0 Å². The van der Waals surface area contributed by atoms with Crippen molar-refractivity contribution in [2.24, 2.45) is 0 Å². The number of halogens is 2. The Balaban J connectivity index is 2.30. The smallest absolute Gasteiger partial charge is 0.135 e. The van der Waals surface area contributed by atoms with Crippen LogP contribution in [0.3, 0.4) is 0 Å². The Labute approximate surface area is 104 Å². The Hall–Kier alpha value is -1.06. The first-order valence-corrected chi connectivity index (χ1v) is 5.64. The molecule has 0 amide bonds. The Morgan fingerprint density at radius 2 is 2.00 bits per heavy atom. The first-order chi connectivity index (χ1) is 7.56. The third-order valence-corrected chi connectivity index (χ3v) is 2.85. The molecule has 0 saturated heterocycles. The molecule has 0 aliphatic heterocycles. The van der Waals surface area contributed by atoms with Crippen LogP contribution in [0.5, 0.6) is 0 Å². The molecule has 0 bridgehead atoms. The van der Waals surface area contributed by atoms with Gasteiger partial charge in [0, 0.05) is 11.3 Å². The van der Waals surface area contributed by atoms with Gasteiger partial charge in [-0.15, -0.1) is 0 Å². The largest absolute Gasteiger partial charge is 0.265 e. The number of aryl methyl sites for hydroxylation is 2. The van der Waals surface area contributed by atoms with Crippen molar-refractivity contribution in [3.05, 3.63) is 45.5 Å². The Bertz CT molecular complexity index is 520. The van der Waals surface area contributed by atoms with Gasteiger partial charge in [-0.1, -0.05) is 29.3 Å². The average Bonchev–Trinajstić information content (AvgIpc) is 2.50. The number of rotatable bonds is 2. The van der Waals surface area contributed by atoms with Gasteiger partial charge in [0.25, 0.3) is 0 Å². The molecule has 84 valence electrons. The van der Waals surface area contributed by atoms with Crippen molar-refractivity contribution in [3.63, 3.8) is 0 Å². The van der Waals surface area contributed by atoms with Crippen molar-refractivity contribution >= 4 is 23.2 Å². The summed E-state index contributed by atoms with van der Waals surface area (Å²) in [4.78, 5) is 4.00. The molecule has 2 aromatic heterocycles. The topological polar surface area (TPSA) is 30.7 Å². The third-order valence-electron chi connectivity index (χ3n) is 2.32. The molecule has 16 heavy (non-hydrogen) atoms. The Morgan fingerprint density at radius 1 is 1.25 bits per heavy atom. The van der Waals surface area contributed by atoms with Gasteiger partial charge in [-0.3, -0.25) is 4.68 Å². The Morgan fingerprint density at radius 3 is 2.56 bits per heavy atom. The average molecular weight is 256 g/mol. The summed E-state index contributed by atoms with van der Waals surface area (Å²) in [5.41, 5.74) is 3.01. The van der Waals surface area contributed by atoms with Crippen LogP contribution in [0, 0.1) is 13.8 Å². The quantitative estimate of drug-likeness (QED) is 0.772. The molecule has 3 nitrogen and oxygen atoms in total. The summed E-state index contributed by atoms with van der Waals surface area (Å²) < 4.78 is 1.89. The molecule has 2 heterocycles. The van der Waals surface area contributed by atoms with E-state index in [-0.39, 0.29) is 0 Å². The van der Waals surface area contributed by atoms with E-state index < -0.39 is 0 Å². The molecule has 2 rings (SSSR count). The second kappa shape index (κ2) is 4.44. The summed E-state index contributed by atoms with van der Waals surface area (Å²) in [5.74, 6) is 0. The summed E-state index contributed by atoms with van der Waals surface area (Å²) in [7, 11) is 0. The predicted octanol–water partition coefficient (Wildman–Crippen LogP) is 3.25.